The largest absolute Gasteiger partial charge is 0.810 e. The molecule has 0 aliphatic rings. The fraction of sp³-hybridized carbons (Fsp3) is 0.500. The Kier molecular flexibility index (Phi) is 2.80. The van der Waals surface area contributed by atoms with Crippen LogP contribution in [0.4, 0.5) is 0 Å². The van der Waals surface area contributed by atoms with Crippen LogP contribution in [0.3, 0.4) is 0 Å². The minimum atomic E-state index is -4.73. The quantitative estimate of drug-likeness (QED) is 0.188. The number of hydrogen-bond acceptors (Lipinski definition) is 5. The Morgan fingerprint density at radius 2 is 2.11 bits per heavy atom. The zero-order chi connectivity index (χ0) is 7.49. The van der Waals surface area contributed by atoms with E-state index in [1.165, 1.54) is 5.43 Å². The Hall–Kier alpha value is -0.420. The molecule has 0 saturated carbocycles. The second-order valence-corrected chi connectivity index (χ2v) is 2.87. The molecule has 6 nitrogen and oxygen atoms in total. The summed E-state index contributed by atoms with van der Waals surface area (Å²) < 4.78 is 9.76. The molecule has 0 bridgehead atoms. The van der Waals surface area contributed by atoms with Gasteiger partial charge < -0.3 is 14.4 Å². The summed E-state index contributed by atoms with van der Waals surface area (Å²) in [5, 5.41) is 0. The molecule has 0 aromatic rings. The summed E-state index contributed by atoms with van der Waals surface area (Å²) in [7, 11) is -4.73. The molecule has 0 rings (SSSR count). The first-order chi connectivity index (χ1) is 3.95. The van der Waals surface area contributed by atoms with E-state index >= 15 is 0 Å². The molecule has 54 valence electrons. The molecule has 0 atom stereocenters. The minimum Gasteiger partial charge on any atom is -0.810 e. The lowest BCUT2D eigenvalue weighted by Gasteiger charge is -2.27. The van der Waals surface area contributed by atoms with E-state index < -0.39 is 19.7 Å². The van der Waals surface area contributed by atoms with Crippen LogP contribution < -0.4 is 21.1 Å². The summed E-state index contributed by atoms with van der Waals surface area (Å²) in [6, 6.07) is 0. The maximum Gasteiger partial charge on any atom is 0.238 e. The van der Waals surface area contributed by atoms with Crippen LogP contribution in [0.5, 0.6) is 0 Å². The van der Waals surface area contributed by atoms with Crippen molar-refractivity contribution in [3.8, 4) is 0 Å². The highest BCUT2D eigenvalue weighted by Crippen LogP contribution is 2.20. The van der Waals surface area contributed by atoms with E-state index in [2.05, 4.69) is 5.84 Å². The summed E-state index contributed by atoms with van der Waals surface area (Å²) in [5.74, 6) is 3.48. The van der Waals surface area contributed by atoms with E-state index in [0.717, 1.165) is 0 Å². The summed E-state index contributed by atoms with van der Waals surface area (Å²) >= 11 is 0. The Bertz CT molecular complexity index is 151. The van der Waals surface area contributed by atoms with Gasteiger partial charge in [0.05, 0.1) is 6.16 Å². The molecular weight excluding hydrogens is 147 g/mol. The number of nitrogens with one attached hydrogen (secondary N) is 1. The standard InChI is InChI=1S/C2H7N2O4P/c3-4-2(5)1-9(6,7)8/h1,3H2,(H,4,5)(H2,6,7,8)/p-2. The molecular formula is C2H5N2O4P-2. The molecule has 0 spiro atoms. The third-order valence-corrected chi connectivity index (χ3v) is 1.17. The Morgan fingerprint density at radius 1 is 1.67 bits per heavy atom. The van der Waals surface area contributed by atoms with E-state index in [4.69, 9.17) is 0 Å². The van der Waals surface area contributed by atoms with Gasteiger partial charge in [0.2, 0.25) is 5.91 Å². The Labute approximate surface area is 51.2 Å². The van der Waals surface area contributed by atoms with E-state index in [1.807, 2.05) is 0 Å². The predicted molar refractivity (Wildman–Crippen MR) is 24.8 cm³/mol. The monoisotopic (exact) mass is 152 g/mol. The Morgan fingerprint density at radius 3 is 2.22 bits per heavy atom. The van der Waals surface area contributed by atoms with Gasteiger partial charge in [-0.05, 0) is 0 Å². The second kappa shape index (κ2) is 2.93. The van der Waals surface area contributed by atoms with Gasteiger partial charge in [-0.2, -0.15) is 0 Å². The fourth-order valence-electron chi connectivity index (χ4n) is 0.222. The molecule has 0 radical (unpaired) electrons. The molecule has 0 aliphatic heterocycles. The van der Waals surface area contributed by atoms with Gasteiger partial charge in [0.15, 0.2) is 0 Å². The van der Waals surface area contributed by atoms with Gasteiger partial charge in [0, 0.05) is 0 Å². The van der Waals surface area contributed by atoms with Crippen LogP contribution in [0.2, 0.25) is 0 Å². The average Bonchev–Trinajstić information content (AvgIpc) is 1.62. The van der Waals surface area contributed by atoms with Crippen LogP contribution in [0.1, 0.15) is 0 Å². The number of hydrogen-bond donors (Lipinski definition) is 2. The molecule has 0 saturated heterocycles. The summed E-state index contributed by atoms with van der Waals surface area (Å²) in [4.78, 5) is 29.5. The van der Waals surface area contributed by atoms with Gasteiger partial charge in [0.25, 0.3) is 0 Å². The van der Waals surface area contributed by atoms with E-state index in [-0.39, 0.29) is 0 Å². The third-order valence-electron chi connectivity index (χ3n) is 0.498. The van der Waals surface area contributed by atoms with Crippen molar-refractivity contribution in [3.63, 3.8) is 0 Å². The van der Waals surface area contributed by atoms with Gasteiger partial charge in [-0.3, -0.25) is 10.2 Å². The molecule has 7 heteroatoms. The van der Waals surface area contributed by atoms with Crippen molar-refractivity contribution in [2.24, 2.45) is 5.84 Å². The smallest absolute Gasteiger partial charge is 0.238 e. The molecule has 1 amide bonds. The highest BCUT2D eigenvalue weighted by molar-refractivity contribution is 7.49. The highest BCUT2D eigenvalue weighted by atomic mass is 31.2. The normalized spacial score (nSPS) is 11.0. The Balaban J connectivity index is 3.75. The molecule has 0 unspecified atom stereocenters. The molecule has 0 aliphatic carbocycles. The first kappa shape index (κ1) is 8.58. The molecule has 9 heavy (non-hydrogen) atoms. The SMILES string of the molecule is NNC(=O)CP(=O)([O-])[O-]. The lowest BCUT2D eigenvalue weighted by atomic mass is 10.8. The first-order valence-corrected chi connectivity index (χ1v) is 3.69. The van der Waals surface area contributed by atoms with Crippen LogP contribution in [0.15, 0.2) is 0 Å². The van der Waals surface area contributed by atoms with Crippen molar-refractivity contribution >= 4 is 13.5 Å². The molecule has 0 fully saturated rings. The summed E-state index contributed by atoms with van der Waals surface area (Å²) in [6.45, 7) is 0. The van der Waals surface area contributed by atoms with Crippen LogP contribution in [0, 0.1) is 0 Å². The molecule has 3 N–H and O–H groups in total. The van der Waals surface area contributed by atoms with Crippen molar-refractivity contribution < 1.29 is 19.1 Å². The number of rotatable bonds is 2. The van der Waals surface area contributed by atoms with E-state index in [1.54, 1.807) is 0 Å². The third kappa shape index (κ3) is 5.45. The van der Waals surface area contributed by atoms with Crippen LogP contribution in [-0.2, 0) is 9.36 Å². The number of carbonyl (C=O) groups is 1. The van der Waals surface area contributed by atoms with Crippen LogP contribution >= 0.6 is 7.60 Å². The summed E-state index contributed by atoms with van der Waals surface area (Å²) in [5.41, 5.74) is 1.51. The van der Waals surface area contributed by atoms with Crippen molar-refractivity contribution in [1.82, 2.24) is 5.43 Å². The van der Waals surface area contributed by atoms with Gasteiger partial charge >= 0.3 is 0 Å². The van der Waals surface area contributed by atoms with Crippen molar-refractivity contribution in [3.05, 3.63) is 0 Å². The highest BCUT2D eigenvalue weighted by Gasteiger charge is 1.99. The molecule has 0 aromatic heterocycles. The zero-order valence-electron chi connectivity index (χ0n) is 4.36. The van der Waals surface area contributed by atoms with E-state index in [9.17, 15) is 19.1 Å². The number of carbonyl (C=O) groups excluding carboxylic acids is 1. The molecule has 0 aromatic carbocycles. The van der Waals surface area contributed by atoms with Gasteiger partial charge in [-0.15, -0.1) is 0 Å². The van der Waals surface area contributed by atoms with Crippen LogP contribution in [-0.4, -0.2) is 12.1 Å². The maximum absolute atomic E-state index is 10.0. The van der Waals surface area contributed by atoms with Crippen LogP contribution in [0.25, 0.3) is 0 Å². The van der Waals surface area contributed by atoms with Gasteiger partial charge in [-0.25, -0.2) is 5.84 Å². The minimum absolute atomic E-state index is 0.997. The second-order valence-electron chi connectivity index (χ2n) is 1.34. The van der Waals surface area contributed by atoms with Crippen molar-refractivity contribution in [2.45, 2.75) is 0 Å². The maximum atomic E-state index is 10.0. The fourth-order valence-corrected chi connectivity index (χ4v) is 0.665. The lowest BCUT2D eigenvalue weighted by Crippen LogP contribution is -2.35. The first-order valence-electron chi connectivity index (χ1n) is 1.96. The van der Waals surface area contributed by atoms with Crippen molar-refractivity contribution in [2.75, 3.05) is 6.16 Å². The van der Waals surface area contributed by atoms with Gasteiger partial charge in [0.1, 0.15) is 0 Å². The predicted octanol–water partition coefficient (Wildman–Crippen LogP) is -3.11. The molecule has 0 heterocycles. The van der Waals surface area contributed by atoms with E-state index in [0.29, 0.717) is 0 Å². The van der Waals surface area contributed by atoms with Crippen molar-refractivity contribution in [1.29, 1.82) is 0 Å². The summed E-state index contributed by atoms with van der Waals surface area (Å²) in [6.07, 6.45) is -1.08. The van der Waals surface area contributed by atoms with Gasteiger partial charge in [-0.1, -0.05) is 7.60 Å². The lowest BCUT2D eigenvalue weighted by molar-refractivity contribution is -0.312. The zero-order valence-corrected chi connectivity index (χ0v) is 5.26. The number of nitrogens with two attached hydrogens (primary N) is 1. The number of hydrazine groups is 1. The topological polar surface area (TPSA) is 118 Å². The number of amides is 1. The average molecular weight is 152 g/mol.